The van der Waals surface area contributed by atoms with Gasteiger partial charge in [0.1, 0.15) is 5.82 Å². The molecule has 2 aromatic rings. The Morgan fingerprint density at radius 1 is 1.53 bits per heavy atom. The summed E-state index contributed by atoms with van der Waals surface area (Å²) in [4.78, 5) is 7.83. The first-order valence-corrected chi connectivity index (χ1v) is 7.30. The zero-order chi connectivity index (χ0) is 11.7. The van der Waals surface area contributed by atoms with Crippen LogP contribution in [0.3, 0.4) is 0 Å². The van der Waals surface area contributed by atoms with E-state index in [0.29, 0.717) is 6.04 Å². The number of halogens is 1. The Bertz CT molecular complexity index is 519. The first kappa shape index (κ1) is 11.4. The fourth-order valence-corrected chi connectivity index (χ4v) is 3.41. The van der Waals surface area contributed by atoms with Crippen LogP contribution in [0.15, 0.2) is 18.2 Å². The molecule has 90 valence electrons. The summed E-state index contributed by atoms with van der Waals surface area (Å²) < 4.78 is 0. The standard InChI is InChI=1S/C12H14ClN3S/c13-8-1-2-10-11(5-8)16-12(15-10)6-14-9-3-4-17-7-9/h1-2,5,9,14H,3-4,6-7H2,(H,15,16). The second-order valence-electron chi connectivity index (χ2n) is 4.29. The Labute approximate surface area is 109 Å². The quantitative estimate of drug-likeness (QED) is 0.899. The summed E-state index contributed by atoms with van der Waals surface area (Å²) in [5.41, 5.74) is 1.99. The van der Waals surface area contributed by atoms with Crippen LogP contribution in [0.2, 0.25) is 5.02 Å². The Kier molecular flexibility index (Phi) is 3.27. The molecule has 1 saturated heterocycles. The number of hydrogen-bond acceptors (Lipinski definition) is 3. The monoisotopic (exact) mass is 267 g/mol. The topological polar surface area (TPSA) is 40.7 Å². The highest BCUT2D eigenvalue weighted by Crippen LogP contribution is 2.19. The van der Waals surface area contributed by atoms with Crippen molar-refractivity contribution >= 4 is 34.4 Å². The van der Waals surface area contributed by atoms with Crippen LogP contribution in [-0.4, -0.2) is 27.5 Å². The molecule has 0 spiro atoms. The SMILES string of the molecule is Clc1ccc2nc(CNC3CCSC3)[nH]c2c1. The largest absolute Gasteiger partial charge is 0.341 e. The Balaban J connectivity index is 1.72. The summed E-state index contributed by atoms with van der Waals surface area (Å²) in [6.45, 7) is 0.803. The maximum atomic E-state index is 5.94. The Morgan fingerprint density at radius 2 is 2.47 bits per heavy atom. The summed E-state index contributed by atoms with van der Waals surface area (Å²) in [6.07, 6.45) is 1.26. The first-order valence-electron chi connectivity index (χ1n) is 5.76. The van der Waals surface area contributed by atoms with Crippen molar-refractivity contribution < 1.29 is 0 Å². The van der Waals surface area contributed by atoms with E-state index in [-0.39, 0.29) is 0 Å². The number of hydrogen-bond donors (Lipinski definition) is 2. The van der Waals surface area contributed by atoms with Crippen molar-refractivity contribution in [2.45, 2.75) is 19.0 Å². The molecule has 1 unspecified atom stereocenters. The lowest BCUT2D eigenvalue weighted by Gasteiger charge is -2.08. The molecule has 1 fully saturated rings. The number of thioether (sulfide) groups is 1. The molecule has 3 rings (SSSR count). The summed E-state index contributed by atoms with van der Waals surface area (Å²) >= 11 is 7.96. The molecule has 0 radical (unpaired) electrons. The molecule has 1 aromatic carbocycles. The van der Waals surface area contributed by atoms with Gasteiger partial charge in [-0.2, -0.15) is 11.8 Å². The molecule has 3 nitrogen and oxygen atoms in total. The van der Waals surface area contributed by atoms with Crippen LogP contribution in [0.4, 0.5) is 0 Å². The summed E-state index contributed by atoms with van der Waals surface area (Å²) in [5, 5.41) is 4.27. The molecule has 2 N–H and O–H groups in total. The minimum atomic E-state index is 0.636. The molecule has 5 heteroatoms. The van der Waals surface area contributed by atoms with Gasteiger partial charge in [0.2, 0.25) is 0 Å². The fraction of sp³-hybridized carbons (Fsp3) is 0.417. The number of aromatic nitrogens is 2. The van der Waals surface area contributed by atoms with Crippen molar-refractivity contribution in [1.82, 2.24) is 15.3 Å². The number of rotatable bonds is 3. The van der Waals surface area contributed by atoms with Crippen LogP contribution in [-0.2, 0) is 6.54 Å². The lowest BCUT2D eigenvalue weighted by atomic mass is 10.2. The van der Waals surface area contributed by atoms with E-state index in [9.17, 15) is 0 Å². The molecule has 2 heterocycles. The van der Waals surface area contributed by atoms with Crippen molar-refractivity contribution in [3.8, 4) is 0 Å². The summed E-state index contributed by atoms with van der Waals surface area (Å²) in [6, 6.07) is 6.37. The average molecular weight is 268 g/mol. The zero-order valence-corrected chi connectivity index (χ0v) is 10.9. The molecule has 0 aliphatic carbocycles. The highest BCUT2D eigenvalue weighted by molar-refractivity contribution is 7.99. The molecule has 0 saturated carbocycles. The molecule has 1 aliphatic heterocycles. The highest BCUT2D eigenvalue weighted by atomic mass is 35.5. The van der Waals surface area contributed by atoms with Gasteiger partial charge in [0.05, 0.1) is 17.6 Å². The van der Waals surface area contributed by atoms with E-state index >= 15 is 0 Å². The summed E-state index contributed by atoms with van der Waals surface area (Å²) in [7, 11) is 0. The highest BCUT2D eigenvalue weighted by Gasteiger charge is 2.15. The van der Waals surface area contributed by atoms with Gasteiger partial charge in [-0.3, -0.25) is 0 Å². The van der Waals surface area contributed by atoms with Gasteiger partial charge in [0, 0.05) is 16.8 Å². The van der Waals surface area contributed by atoms with E-state index in [1.54, 1.807) is 0 Å². The van der Waals surface area contributed by atoms with Crippen LogP contribution < -0.4 is 5.32 Å². The van der Waals surface area contributed by atoms with Gasteiger partial charge in [0.15, 0.2) is 0 Å². The van der Waals surface area contributed by atoms with E-state index in [4.69, 9.17) is 11.6 Å². The fourth-order valence-electron chi connectivity index (χ4n) is 2.05. The van der Waals surface area contributed by atoms with E-state index in [0.717, 1.165) is 28.4 Å². The molecule has 1 atom stereocenters. The lowest BCUT2D eigenvalue weighted by Crippen LogP contribution is -2.28. The maximum absolute atomic E-state index is 5.94. The van der Waals surface area contributed by atoms with Gasteiger partial charge < -0.3 is 10.3 Å². The maximum Gasteiger partial charge on any atom is 0.121 e. The van der Waals surface area contributed by atoms with Crippen LogP contribution in [0, 0.1) is 0 Å². The molecular weight excluding hydrogens is 254 g/mol. The Hall–Kier alpha value is -0.710. The third kappa shape index (κ3) is 2.59. The van der Waals surface area contributed by atoms with E-state index < -0.39 is 0 Å². The lowest BCUT2D eigenvalue weighted by molar-refractivity contribution is 0.547. The molecule has 0 bridgehead atoms. The zero-order valence-electron chi connectivity index (χ0n) is 9.37. The predicted molar refractivity (Wildman–Crippen MR) is 73.7 cm³/mol. The predicted octanol–water partition coefficient (Wildman–Crippen LogP) is 2.81. The molecule has 17 heavy (non-hydrogen) atoms. The smallest absolute Gasteiger partial charge is 0.121 e. The van der Waals surface area contributed by atoms with Crippen molar-refractivity contribution in [2.75, 3.05) is 11.5 Å². The van der Waals surface area contributed by atoms with Crippen LogP contribution >= 0.6 is 23.4 Å². The number of aromatic amines is 1. The van der Waals surface area contributed by atoms with Gasteiger partial charge in [-0.15, -0.1) is 0 Å². The van der Waals surface area contributed by atoms with Crippen LogP contribution in [0.1, 0.15) is 12.2 Å². The van der Waals surface area contributed by atoms with E-state index in [1.165, 1.54) is 17.9 Å². The minimum absolute atomic E-state index is 0.636. The van der Waals surface area contributed by atoms with Crippen LogP contribution in [0.5, 0.6) is 0 Å². The van der Waals surface area contributed by atoms with Crippen LogP contribution in [0.25, 0.3) is 11.0 Å². The van der Waals surface area contributed by atoms with Gasteiger partial charge in [-0.1, -0.05) is 11.6 Å². The van der Waals surface area contributed by atoms with Crippen molar-refractivity contribution in [3.63, 3.8) is 0 Å². The molecule has 1 aromatic heterocycles. The van der Waals surface area contributed by atoms with Crippen molar-refractivity contribution in [1.29, 1.82) is 0 Å². The number of nitrogens with zero attached hydrogens (tertiary/aromatic N) is 1. The molecule has 1 aliphatic rings. The second kappa shape index (κ2) is 4.88. The average Bonchev–Trinajstić information content (AvgIpc) is 2.94. The molecular formula is C12H14ClN3S. The van der Waals surface area contributed by atoms with Crippen molar-refractivity contribution in [2.24, 2.45) is 0 Å². The summed E-state index contributed by atoms with van der Waals surface area (Å²) in [5.74, 6) is 3.47. The normalized spacial score (nSPS) is 20.2. The van der Waals surface area contributed by atoms with Gasteiger partial charge >= 0.3 is 0 Å². The minimum Gasteiger partial charge on any atom is -0.341 e. The second-order valence-corrected chi connectivity index (χ2v) is 5.87. The third-order valence-electron chi connectivity index (χ3n) is 2.98. The van der Waals surface area contributed by atoms with Gasteiger partial charge in [0.25, 0.3) is 0 Å². The number of fused-ring (bicyclic) bond motifs is 1. The number of benzene rings is 1. The Morgan fingerprint density at radius 3 is 3.29 bits per heavy atom. The van der Waals surface area contributed by atoms with Gasteiger partial charge in [-0.05, 0) is 30.4 Å². The number of imidazole rings is 1. The molecule has 0 amide bonds. The van der Waals surface area contributed by atoms with E-state index in [1.807, 2.05) is 30.0 Å². The van der Waals surface area contributed by atoms with Gasteiger partial charge in [-0.25, -0.2) is 4.98 Å². The first-order chi connectivity index (χ1) is 8.31. The number of nitrogens with one attached hydrogen (secondary N) is 2. The number of H-pyrrole nitrogens is 1. The third-order valence-corrected chi connectivity index (χ3v) is 4.38. The van der Waals surface area contributed by atoms with Crippen molar-refractivity contribution in [3.05, 3.63) is 29.0 Å². The van der Waals surface area contributed by atoms with E-state index in [2.05, 4.69) is 15.3 Å².